The first-order valence-electron chi connectivity index (χ1n) is 7.65. The van der Waals surface area contributed by atoms with Crippen LogP contribution in [0.1, 0.15) is 78.1 Å². The van der Waals surface area contributed by atoms with Gasteiger partial charge in [-0.15, -0.1) is 0 Å². The van der Waals surface area contributed by atoms with Gasteiger partial charge in [0.05, 0.1) is 0 Å². The second-order valence-corrected chi connectivity index (χ2v) is 5.03. The van der Waals surface area contributed by atoms with E-state index in [4.69, 9.17) is 15.9 Å². The Morgan fingerprint density at radius 1 is 0.950 bits per heavy atom. The lowest BCUT2D eigenvalue weighted by molar-refractivity contribution is -0.138. The molecule has 0 saturated carbocycles. The summed E-state index contributed by atoms with van der Waals surface area (Å²) in [4.78, 5) is 9.57. The standard InChI is InChI=1S/C12H26O.C3H7NO2.H3N/c1-2-3-4-5-6-7-8-9-10-11-12-13;1-2(4)3(5)6;/h13H,2-12H2,1H3;2H,4H2,1H3,(H,5,6);1H3. The van der Waals surface area contributed by atoms with Crippen LogP contribution in [0.2, 0.25) is 0 Å². The lowest BCUT2D eigenvalue weighted by atomic mass is 10.1. The van der Waals surface area contributed by atoms with Crippen LogP contribution in [0.15, 0.2) is 0 Å². The van der Waals surface area contributed by atoms with Gasteiger partial charge >= 0.3 is 5.97 Å². The molecule has 0 rings (SSSR count). The number of hydrogen-bond acceptors (Lipinski definition) is 4. The zero-order chi connectivity index (χ0) is 14.9. The van der Waals surface area contributed by atoms with Crippen molar-refractivity contribution in [1.29, 1.82) is 0 Å². The van der Waals surface area contributed by atoms with E-state index in [1.807, 2.05) is 0 Å². The molecule has 0 fully saturated rings. The second kappa shape index (κ2) is 20.7. The van der Waals surface area contributed by atoms with Crippen LogP contribution < -0.4 is 11.9 Å². The first kappa shape index (κ1) is 24.4. The molecule has 0 aromatic carbocycles. The van der Waals surface area contributed by atoms with Crippen molar-refractivity contribution in [2.24, 2.45) is 5.73 Å². The van der Waals surface area contributed by atoms with E-state index in [1.165, 1.54) is 64.7 Å². The molecule has 0 radical (unpaired) electrons. The Bertz CT molecular complexity index is 178. The maximum atomic E-state index is 9.57. The molecule has 0 aliphatic rings. The van der Waals surface area contributed by atoms with Crippen LogP contribution in [0.25, 0.3) is 0 Å². The molecule has 0 aliphatic carbocycles. The number of aliphatic hydroxyl groups excluding tert-OH is 1. The van der Waals surface area contributed by atoms with Crippen LogP contribution in [-0.2, 0) is 4.79 Å². The molecule has 7 N–H and O–H groups in total. The minimum atomic E-state index is -0.963. The normalized spacial score (nSPS) is 11.0. The zero-order valence-corrected chi connectivity index (χ0v) is 13.4. The van der Waals surface area contributed by atoms with Gasteiger partial charge in [0.15, 0.2) is 0 Å². The van der Waals surface area contributed by atoms with Crippen LogP contribution in [0.5, 0.6) is 0 Å². The van der Waals surface area contributed by atoms with Crippen LogP contribution in [0.3, 0.4) is 0 Å². The van der Waals surface area contributed by atoms with Crippen molar-refractivity contribution in [1.82, 2.24) is 6.15 Å². The minimum Gasteiger partial charge on any atom is -0.480 e. The van der Waals surface area contributed by atoms with Crippen LogP contribution >= 0.6 is 0 Å². The highest BCUT2D eigenvalue weighted by Gasteiger charge is 1.99. The van der Waals surface area contributed by atoms with Crippen LogP contribution in [-0.4, -0.2) is 28.8 Å². The molecule has 0 bridgehead atoms. The Balaban J connectivity index is -0.000000352. The van der Waals surface area contributed by atoms with Gasteiger partial charge in [0.25, 0.3) is 0 Å². The van der Waals surface area contributed by atoms with Gasteiger partial charge in [-0.25, -0.2) is 0 Å². The fraction of sp³-hybridized carbons (Fsp3) is 0.933. The number of unbranched alkanes of at least 4 members (excludes halogenated alkanes) is 9. The molecular formula is C15H36N2O3. The van der Waals surface area contributed by atoms with E-state index < -0.39 is 12.0 Å². The Morgan fingerprint density at radius 3 is 1.50 bits per heavy atom. The summed E-state index contributed by atoms with van der Waals surface area (Å²) in [6.45, 7) is 4.05. The molecular weight excluding hydrogens is 256 g/mol. The summed E-state index contributed by atoms with van der Waals surface area (Å²) in [6, 6.07) is -0.731. The summed E-state index contributed by atoms with van der Waals surface area (Å²) in [7, 11) is 0. The van der Waals surface area contributed by atoms with Crippen molar-refractivity contribution in [3.05, 3.63) is 0 Å². The van der Waals surface area contributed by atoms with E-state index in [0.29, 0.717) is 6.61 Å². The molecule has 0 heterocycles. The van der Waals surface area contributed by atoms with E-state index in [1.54, 1.807) is 0 Å². The van der Waals surface area contributed by atoms with Gasteiger partial charge in [-0.2, -0.15) is 0 Å². The van der Waals surface area contributed by atoms with Gasteiger partial charge in [-0.05, 0) is 13.3 Å². The second-order valence-electron chi connectivity index (χ2n) is 5.03. The zero-order valence-electron chi connectivity index (χ0n) is 13.4. The molecule has 1 unspecified atom stereocenters. The number of aliphatic hydroxyl groups is 1. The summed E-state index contributed by atoms with van der Waals surface area (Å²) < 4.78 is 0. The van der Waals surface area contributed by atoms with Gasteiger partial charge in [0, 0.05) is 6.61 Å². The average molecular weight is 292 g/mol. The summed E-state index contributed by atoms with van der Waals surface area (Å²) in [5, 5.41) is 16.4. The minimum absolute atomic E-state index is 0. The molecule has 1 atom stereocenters. The first-order chi connectivity index (χ1) is 9.06. The maximum Gasteiger partial charge on any atom is 0.320 e. The quantitative estimate of drug-likeness (QED) is 0.435. The summed E-state index contributed by atoms with van der Waals surface area (Å²) in [5.74, 6) is -0.963. The maximum absolute atomic E-state index is 9.57. The number of hydrogen-bond donors (Lipinski definition) is 4. The number of carboxylic acids is 1. The summed E-state index contributed by atoms with van der Waals surface area (Å²) in [5.41, 5.74) is 4.84. The van der Waals surface area contributed by atoms with Gasteiger partial charge < -0.3 is 22.1 Å². The van der Waals surface area contributed by atoms with Crippen molar-refractivity contribution >= 4 is 5.97 Å². The average Bonchev–Trinajstić information content (AvgIpc) is 2.37. The molecule has 0 aromatic rings. The van der Waals surface area contributed by atoms with E-state index in [0.717, 1.165) is 6.42 Å². The van der Waals surface area contributed by atoms with Crippen molar-refractivity contribution in [2.75, 3.05) is 6.61 Å². The van der Waals surface area contributed by atoms with Gasteiger partial charge in [-0.3, -0.25) is 4.79 Å². The Kier molecular flexibility index (Phi) is 25.2. The SMILES string of the molecule is CC(N)C(=O)O.CCCCCCCCCCCCO.N. The molecule has 0 saturated heterocycles. The molecule has 0 amide bonds. The number of nitrogens with two attached hydrogens (primary N) is 1. The van der Waals surface area contributed by atoms with Crippen molar-refractivity contribution in [3.8, 4) is 0 Å². The molecule has 5 nitrogen and oxygen atoms in total. The highest BCUT2D eigenvalue weighted by molar-refractivity contribution is 5.72. The van der Waals surface area contributed by atoms with Crippen molar-refractivity contribution in [2.45, 2.75) is 84.1 Å². The van der Waals surface area contributed by atoms with E-state index in [2.05, 4.69) is 6.92 Å². The van der Waals surface area contributed by atoms with Crippen LogP contribution in [0.4, 0.5) is 0 Å². The monoisotopic (exact) mass is 292 g/mol. The smallest absolute Gasteiger partial charge is 0.320 e. The van der Waals surface area contributed by atoms with E-state index in [9.17, 15) is 4.79 Å². The van der Waals surface area contributed by atoms with Gasteiger partial charge in [-0.1, -0.05) is 64.7 Å². The predicted molar refractivity (Wildman–Crippen MR) is 85.2 cm³/mol. The third-order valence-electron chi connectivity index (χ3n) is 2.90. The van der Waals surface area contributed by atoms with Gasteiger partial charge in [0.1, 0.15) is 6.04 Å². The number of aliphatic carboxylic acids is 1. The lowest BCUT2D eigenvalue weighted by Crippen LogP contribution is -2.25. The summed E-state index contributed by atoms with van der Waals surface area (Å²) >= 11 is 0. The Morgan fingerprint density at radius 2 is 1.25 bits per heavy atom. The topological polar surface area (TPSA) is 119 Å². The fourth-order valence-electron chi connectivity index (χ4n) is 1.60. The van der Waals surface area contributed by atoms with Crippen molar-refractivity contribution in [3.63, 3.8) is 0 Å². The Hall–Kier alpha value is -0.650. The number of carbonyl (C=O) groups is 1. The summed E-state index contributed by atoms with van der Waals surface area (Å²) in [6.07, 6.45) is 13.3. The predicted octanol–water partition coefficient (Wildman–Crippen LogP) is 3.48. The molecule has 5 heteroatoms. The molecule has 0 aromatic heterocycles. The van der Waals surface area contributed by atoms with E-state index in [-0.39, 0.29) is 6.15 Å². The number of carboxylic acid groups (broad SMARTS) is 1. The van der Waals surface area contributed by atoms with Gasteiger partial charge in [0.2, 0.25) is 0 Å². The largest absolute Gasteiger partial charge is 0.480 e. The first-order valence-corrected chi connectivity index (χ1v) is 7.65. The molecule has 0 aliphatic heterocycles. The molecule has 124 valence electrons. The van der Waals surface area contributed by atoms with Crippen LogP contribution in [0, 0.1) is 0 Å². The lowest BCUT2D eigenvalue weighted by Gasteiger charge is -2.00. The molecule has 0 spiro atoms. The fourth-order valence-corrected chi connectivity index (χ4v) is 1.60. The molecule has 20 heavy (non-hydrogen) atoms. The van der Waals surface area contributed by atoms with E-state index >= 15 is 0 Å². The number of rotatable bonds is 11. The Labute approximate surface area is 124 Å². The third kappa shape index (κ3) is 26.0. The third-order valence-corrected chi connectivity index (χ3v) is 2.90. The highest BCUT2D eigenvalue weighted by atomic mass is 16.4. The van der Waals surface area contributed by atoms with Crippen molar-refractivity contribution < 1.29 is 15.0 Å². The highest BCUT2D eigenvalue weighted by Crippen LogP contribution is 2.09.